The Labute approximate surface area is 236 Å². The summed E-state index contributed by atoms with van der Waals surface area (Å²) in [6.45, 7) is 2.98. The minimum Gasteiger partial charge on any atom is -0.508 e. The van der Waals surface area contributed by atoms with Gasteiger partial charge in [-0.3, -0.25) is 0 Å². The number of hydrogen-bond donors (Lipinski definition) is 3. The molecule has 3 N–H and O–H groups in total. The summed E-state index contributed by atoms with van der Waals surface area (Å²) in [6, 6.07) is 15.1. The van der Waals surface area contributed by atoms with E-state index in [4.69, 9.17) is 14.2 Å². The van der Waals surface area contributed by atoms with Crippen molar-refractivity contribution in [2.75, 3.05) is 45.8 Å². The molecule has 0 saturated heterocycles. The summed E-state index contributed by atoms with van der Waals surface area (Å²) in [5.41, 5.74) is 5.70. The normalized spacial score (nSPS) is 16.3. The lowest BCUT2D eigenvalue weighted by molar-refractivity contribution is 0.298. The van der Waals surface area contributed by atoms with Crippen LogP contribution in [0.3, 0.4) is 0 Å². The van der Waals surface area contributed by atoms with Crippen LogP contribution >= 0.6 is 0 Å². The second-order valence-electron chi connectivity index (χ2n) is 11.0. The van der Waals surface area contributed by atoms with E-state index in [1.165, 1.54) is 29.5 Å². The lowest BCUT2D eigenvalue weighted by Gasteiger charge is -2.28. The molecule has 0 bridgehead atoms. The van der Waals surface area contributed by atoms with Gasteiger partial charge in [0.1, 0.15) is 12.4 Å². The number of ether oxygens (including phenoxy) is 3. The largest absolute Gasteiger partial charge is 0.508 e. The smallest absolute Gasteiger partial charge is 0.165 e. The van der Waals surface area contributed by atoms with Gasteiger partial charge in [0.05, 0.1) is 14.2 Å². The van der Waals surface area contributed by atoms with Crippen molar-refractivity contribution in [3.8, 4) is 23.0 Å². The molecule has 5 rings (SSSR count). The van der Waals surface area contributed by atoms with Gasteiger partial charge in [-0.15, -0.1) is 0 Å². The Kier molecular flexibility index (Phi) is 9.32. The van der Waals surface area contributed by atoms with E-state index in [-0.39, 0.29) is 5.82 Å². The second-order valence-corrected chi connectivity index (χ2v) is 11.0. The van der Waals surface area contributed by atoms with E-state index < -0.39 is 0 Å². The number of hydrogen-bond acceptors (Lipinski definition) is 6. The van der Waals surface area contributed by atoms with Gasteiger partial charge < -0.3 is 30.0 Å². The number of phenols is 1. The van der Waals surface area contributed by atoms with Crippen LogP contribution in [0.25, 0.3) is 0 Å². The highest BCUT2D eigenvalue weighted by Crippen LogP contribution is 2.42. The summed E-state index contributed by atoms with van der Waals surface area (Å²) in [6.07, 6.45) is 7.06. The summed E-state index contributed by atoms with van der Waals surface area (Å²) in [4.78, 5) is 0. The number of rotatable bonds is 14. The van der Waals surface area contributed by atoms with Crippen LogP contribution in [-0.4, -0.2) is 45.6 Å². The molecule has 3 aromatic carbocycles. The molecule has 0 aromatic heterocycles. The van der Waals surface area contributed by atoms with Crippen molar-refractivity contribution in [3.05, 3.63) is 76.6 Å². The maximum absolute atomic E-state index is 14.6. The van der Waals surface area contributed by atoms with Crippen molar-refractivity contribution in [1.82, 2.24) is 5.32 Å². The molecule has 1 unspecified atom stereocenters. The van der Waals surface area contributed by atoms with Gasteiger partial charge in [-0.05, 0) is 116 Å². The van der Waals surface area contributed by atoms with E-state index >= 15 is 0 Å². The van der Waals surface area contributed by atoms with Crippen molar-refractivity contribution in [1.29, 1.82) is 0 Å². The van der Waals surface area contributed by atoms with Gasteiger partial charge in [-0.2, -0.15) is 0 Å². The van der Waals surface area contributed by atoms with Gasteiger partial charge in [-0.1, -0.05) is 12.1 Å². The predicted molar refractivity (Wildman–Crippen MR) is 157 cm³/mol. The molecule has 1 saturated carbocycles. The minimum absolute atomic E-state index is 0.305. The average Bonchev–Trinajstić information content (AvgIpc) is 3.80. The van der Waals surface area contributed by atoms with Crippen LogP contribution in [0.15, 0.2) is 48.5 Å². The number of aromatic hydroxyl groups is 1. The van der Waals surface area contributed by atoms with E-state index in [0.29, 0.717) is 29.8 Å². The van der Waals surface area contributed by atoms with E-state index in [9.17, 15) is 9.50 Å². The van der Waals surface area contributed by atoms with Crippen molar-refractivity contribution >= 4 is 5.69 Å². The molecule has 1 atom stereocenters. The number of aryl methyl sites for hydroxylation is 2. The number of methoxy groups -OCH3 is 2. The highest BCUT2D eigenvalue weighted by molar-refractivity contribution is 5.62. The number of anilines is 1. The molecule has 40 heavy (non-hydrogen) atoms. The summed E-state index contributed by atoms with van der Waals surface area (Å²) in [5, 5.41) is 16.9. The maximum atomic E-state index is 14.6. The lowest BCUT2D eigenvalue weighted by Crippen LogP contribution is -2.23. The first-order valence-electron chi connectivity index (χ1n) is 14.5. The number of halogens is 1. The van der Waals surface area contributed by atoms with Crippen LogP contribution in [-0.2, 0) is 19.3 Å². The zero-order chi connectivity index (χ0) is 27.9. The monoisotopic (exact) mass is 548 g/mol. The molecule has 2 aliphatic rings. The topological polar surface area (TPSA) is 72.0 Å². The Bertz CT molecular complexity index is 1290. The van der Waals surface area contributed by atoms with Crippen molar-refractivity contribution < 1.29 is 23.7 Å². The number of benzene rings is 3. The number of fused-ring (bicyclic) bond motifs is 1. The van der Waals surface area contributed by atoms with Gasteiger partial charge in [-0.25, -0.2) is 4.39 Å². The maximum Gasteiger partial charge on any atom is 0.165 e. The molecule has 2 aliphatic carbocycles. The average molecular weight is 549 g/mol. The number of phenolic OH excluding ortho intramolecular Hbond substituents is 1. The lowest BCUT2D eigenvalue weighted by atomic mass is 9.79. The van der Waals surface area contributed by atoms with Gasteiger partial charge >= 0.3 is 0 Å². The molecule has 0 amide bonds. The summed E-state index contributed by atoms with van der Waals surface area (Å²) in [7, 11) is 3.31. The third-order valence-corrected chi connectivity index (χ3v) is 8.03. The van der Waals surface area contributed by atoms with Crippen molar-refractivity contribution in [2.45, 2.75) is 50.9 Å². The summed E-state index contributed by atoms with van der Waals surface area (Å²) < 4.78 is 31.5. The van der Waals surface area contributed by atoms with Crippen LogP contribution < -0.4 is 24.8 Å². The summed E-state index contributed by atoms with van der Waals surface area (Å²) >= 11 is 0. The second kappa shape index (κ2) is 13.3. The highest BCUT2D eigenvalue weighted by Gasteiger charge is 2.25. The van der Waals surface area contributed by atoms with Gasteiger partial charge in [0.15, 0.2) is 23.1 Å². The Morgan fingerprint density at radius 1 is 0.900 bits per heavy atom. The van der Waals surface area contributed by atoms with Crippen LogP contribution in [0.2, 0.25) is 0 Å². The van der Waals surface area contributed by atoms with Crippen molar-refractivity contribution in [3.63, 3.8) is 0 Å². The van der Waals surface area contributed by atoms with Gasteiger partial charge in [0.25, 0.3) is 0 Å². The molecule has 1 fully saturated rings. The van der Waals surface area contributed by atoms with Gasteiger partial charge in [0.2, 0.25) is 0 Å². The molecular formula is C33H41FN2O4. The number of nitrogens with one attached hydrogen (secondary N) is 2. The molecule has 3 aromatic rings. The third kappa shape index (κ3) is 7.19. The van der Waals surface area contributed by atoms with Crippen LogP contribution in [0.5, 0.6) is 23.0 Å². The first-order valence-corrected chi connectivity index (χ1v) is 14.5. The third-order valence-electron chi connectivity index (χ3n) is 8.03. The minimum atomic E-state index is -0.305. The fraction of sp³-hybridized carbons (Fsp3) is 0.455. The zero-order valence-electron chi connectivity index (χ0n) is 23.6. The first-order chi connectivity index (χ1) is 19.5. The Hall–Kier alpha value is -3.45. The van der Waals surface area contributed by atoms with E-state index in [1.54, 1.807) is 32.4 Å². The summed E-state index contributed by atoms with van der Waals surface area (Å²) in [5.74, 6) is 2.89. The molecular weight excluding hydrogens is 507 g/mol. The highest BCUT2D eigenvalue weighted by atomic mass is 19.1. The quantitative estimate of drug-likeness (QED) is 0.207. The molecule has 6 nitrogen and oxygen atoms in total. The molecule has 7 heteroatoms. The Balaban J connectivity index is 1.17. The SMILES string of the molecule is COc1cc(NCCCc2ccc(OCCNCC3CC3)c(F)c2)c(C2CCc3cc(O)ccc3C2)cc1OC. The molecule has 0 aliphatic heterocycles. The van der Waals surface area contributed by atoms with Crippen LogP contribution in [0.1, 0.15) is 53.9 Å². The fourth-order valence-electron chi connectivity index (χ4n) is 5.59. The van der Waals surface area contributed by atoms with Gasteiger partial charge in [0, 0.05) is 24.8 Å². The Morgan fingerprint density at radius 2 is 1.73 bits per heavy atom. The molecule has 0 spiro atoms. The first kappa shape index (κ1) is 28.1. The van der Waals surface area contributed by atoms with E-state index in [2.05, 4.69) is 16.7 Å². The Morgan fingerprint density at radius 3 is 2.50 bits per heavy atom. The standard InChI is InChI=1S/C33H41FN2O4/c1-38-32-19-28(26-9-8-25-18-27(37)11-10-24(25)17-26)30(20-33(32)39-2)36-13-3-4-22-7-12-31(29(34)16-22)40-15-14-35-21-23-5-6-23/h7,10-12,16,18-20,23,26,35-37H,3-6,8-9,13-15,17,21H2,1-2H3. The molecule has 214 valence electrons. The van der Waals surface area contributed by atoms with Crippen LogP contribution in [0.4, 0.5) is 10.1 Å². The molecule has 0 heterocycles. The zero-order valence-corrected chi connectivity index (χ0v) is 23.6. The van der Waals surface area contributed by atoms with E-state index in [1.807, 2.05) is 24.3 Å². The predicted octanol–water partition coefficient (Wildman–Crippen LogP) is 6.24. The van der Waals surface area contributed by atoms with E-state index in [0.717, 1.165) is 74.7 Å². The fourth-order valence-corrected chi connectivity index (χ4v) is 5.59. The van der Waals surface area contributed by atoms with Crippen molar-refractivity contribution in [2.24, 2.45) is 5.92 Å². The van der Waals surface area contributed by atoms with Crippen LogP contribution in [0, 0.1) is 11.7 Å². The molecule has 0 radical (unpaired) electrons.